The zero-order valence-electron chi connectivity index (χ0n) is 14.3. The van der Waals surface area contributed by atoms with E-state index in [4.69, 9.17) is 11.6 Å². The van der Waals surface area contributed by atoms with Crippen molar-refractivity contribution in [3.63, 3.8) is 0 Å². The van der Waals surface area contributed by atoms with E-state index >= 15 is 0 Å². The van der Waals surface area contributed by atoms with Crippen molar-refractivity contribution in [2.24, 2.45) is 0 Å². The quantitative estimate of drug-likeness (QED) is 0.540. The van der Waals surface area contributed by atoms with Crippen molar-refractivity contribution in [1.29, 1.82) is 0 Å². The van der Waals surface area contributed by atoms with Crippen LogP contribution in [0.25, 0.3) is 5.69 Å². The maximum absolute atomic E-state index is 12.4. The van der Waals surface area contributed by atoms with Crippen LogP contribution in [0, 0.1) is 0 Å². The smallest absolute Gasteiger partial charge is 0.255 e. The SMILES string of the molecule is CNc1nc(NCc2ccc(-n3cc(Cl)cn3)cc2)nc(NCC(F)F)n1. The minimum atomic E-state index is -2.50. The van der Waals surface area contributed by atoms with Gasteiger partial charge in [-0.25, -0.2) is 13.5 Å². The van der Waals surface area contributed by atoms with E-state index in [1.165, 1.54) is 0 Å². The molecule has 1 aromatic carbocycles. The van der Waals surface area contributed by atoms with Gasteiger partial charge in [0.1, 0.15) is 0 Å². The van der Waals surface area contributed by atoms with E-state index in [1.807, 2.05) is 24.3 Å². The van der Waals surface area contributed by atoms with Crippen molar-refractivity contribution >= 4 is 29.4 Å². The number of benzene rings is 1. The number of rotatable bonds is 8. The van der Waals surface area contributed by atoms with Crippen LogP contribution in [0.3, 0.4) is 0 Å². The topological polar surface area (TPSA) is 92.6 Å². The van der Waals surface area contributed by atoms with E-state index in [0.717, 1.165) is 11.3 Å². The van der Waals surface area contributed by atoms with Crippen molar-refractivity contribution in [2.45, 2.75) is 13.0 Å². The molecule has 0 aliphatic heterocycles. The molecule has 0 saturated heterocycles. The number of anilines is 3. The van der Waals surface area contributed by atoms with Crippen molar-refractivity contribution in [1.82, 2.24) is 24.7 Å². The number of aromatic nitrogens is 5. The molecule has 0 spiro atoms. The first-order valence-electron chi connectivity index (χ1n) is 8.02. The molecule has 3 rings (SSSR count). The zero-order chi connectivity index (χ0) is 19.2. The molecule has 27 heavy (non-hydrogen) atoms. The minimum Gasteiger partial charge on any atom is -0.357 e. The average Bonchev–Trinajstić information content (AvgIpc) is 3.11. The Morgan fingerprint density at radius 1 is 1.04 bits per heavy atom. The van der Waals surface area contributed by atoms with Gasteiger partial charge in [0.15, 0.2) is 0 Å². The third-order valence-electron chi connectivity index (χ3n) is 3.48. The van der Waals surface area contributed by atoms with Gasteiger partial charge in [0, 0.05) is 19.8 Å². The van der Waals surface area contributed by atoms with Crippen LogP contribution in [-0.2, 0) is 6.54 Å². The third kappa shape index (κ3) is 5.23. The van der Waals surface area contributed by atoms with Gasteiger partial charge in [0.2, 0.25) is 17.8 Å². The van der Waals surface area contributed by atoms with Gasteiger partial charge >= 0.3 is 0 Å². The first-order valence-corrected chi connectivity index (χ1v) is 8.40. The van der Waals surface area contributed by atoms with Crippen LogP contribution in [0.1, 0.15) is 5.56 Å². The molecular weight excluding hydrogens is 378 g/mol. The Balaban J connectivity index is 1.66. The van der Waals surface area contributed by atoms with E-state index in [9.17, 15) is 8.78 Å². The number of hydrogen-bond donors (Lipinski definition) is 3. The molecule has 0 bridgehead atoms. The lowest BCUT2D eigenvalue weighted by atomic mass is 10.2. The third-order valence-corrected chi connectivity index (χ3v) is 3.67. The molecule has 0 atom stereocenters. The number of nitrogens with one attached hydrogen (secondary N) is 3. The normalized spacial score (nSPS) is 10.9. The summed E-state index contributed by atoms with van der Waals surface area (Å²) in [6, 6.07) is 7.66. The molecule has 142 valence electrons. The largest absolute Gasteiger partial charge is 0.357 e. The van der Waals surface area contributed by atoms with Crippen molar-refractivity contribution in [3.8, 4) is 5.69 Å². The highest BCUT2D eigenvalue weighted by Gasteiger charge is 2.08. The molecule has 3 aromatic rings. The van der Waals surface area contributed by atoms with Crippen LogP contribution in [0.5, 0.6) is 0 Å². The highest BCUT2D eigenvalue weighted by molar-refractivity contribution is 6.30. The van der Waals surface area contributed by atoms with E-state index in [-0.39, 0.29) is 17.8 Å². The Morgan fingerprint density at radius 2 is 1.70 bits per heavy atom. The summed E-state index contributed by atoms with van der Waals surface area (Å²) in [5, 5.41) is 13.0. The molecule has 8 nitrogen and oxygen atoms in total. The molecule has 2 heterocycles. The highest BCUT2D eigenvalue weighted by atomic mass is 35.5. The molecule has 0 amide bonds. The van der Waals surface area contributed by atoms with Gasteiger partial charge in [-0.2, -0.15) is 20.1 Å². The number of alkyl halides is 2. The monoisotopic (exact) mass is 394 g/mol. The predicted octanol–water partition coefficient (Wildman–Crippen LogP) is 3.04. The molecule has 2 aromatic heterocycles. The van der Waals surface area contributed by atoms with Gasteiger partial charge < -0.3 is 16.0 Å². The minimum absolute atomic E-state index is 0.0723. The highest BCUT2D eigenvalue weighted by Crippen LogP contribution is 2.14. The molecule has 11 heteroatoms. The van der Waals surface area contributed by atoms with Gasteiger partial charge in [0.25, 0.3) is 6.43 Å². The van der Waals surface area contributed by atoms with Crippen LogP contribution in [0.15, 0.2) is 36.7 Å². The van der Waals surface area contributed by atoms with Crippen molar-refractivity contribution in [3.05, 3.63) is 47.2 Å². The Hall–Kier alpha value is -3.01. The second kappa shape index (κ2) is 8.58. The predicted molar refractivity (Wildman–Crippen MR) is 99.8 cm³/mol. The van der Waals surface area contributed by atoms with Gasteiger partial charge in [-0.15, -0.1) is 0 Å². The second-order valence-electron chi connectivity index (χ2n) is 5.45. The van der Waals surface area contributed by atoms with E-state index in [0.29, 0.717) is 11.6 Å². The van der Waals surface area contributed by atoms with Gasteiger partial charge in [-0.05, 0) is 17.7 Å². The summed E-state index contributed by atoms with van der Waals surface area (Å²) in [5.41, 5.74) is 1.85. The molecule has 0 saturated carbocycles. The van der Waals surface area contributed by atoms with E-state index in [2.05, 4.69) is 36.0 Å². The molecule has 0 unspecified atom stereocenters. The first-order chi connectivity index (χ1) is 13.0. The van der Waals surface area contributed by atoms with Crippen LogP contribution in [0.4, 0.5) is 26.6 Å². The summed E-state index contributed by atoms with van der Waals surface area (Å²) in [5.74, 6) is 0.618. The Morgan fingerprint density at radius 3 is 2.30 bits per heavy atom. The molecule has 0 radical (unpaired) electrons. The van der Waals surface area contributed by atoms with Crippen LogP contribution >= 0.6 is 11.6 Å². The molecular formula is C16H17ClF2N8. The first kappa shape index (κ1) is 18.8. The summed E-state index contributed by atoms with van der Waals surface area (Å²) in [4.78, 5) is 12.2. The van der Waals surface area contributed by atoms with E-state index in [1.54, 1.807) is 24.1 Å². The summed E-state index contributed by atoms with van der Waals surface area (Å²) >= 11 is 5.87. The van der Waals surface area contributed by atoms with Gasteiger partial charge in [-0.1, -0.05) is 23.7 Å². The van der Waals surface area contributed by atoms with Crippen molar-refractivity contribution < 1.29 is 8.78 Å². The number of hydrogen-bond acceptors (Lipinski definition) is 7. The lowest BCUT2D eigenvalue weighted by molar-refractivity contribution is 0.163. The lowest BCUT2D eigenvalue weighted by Crippen LogP contribution is -2.15. The van der Waals surface area contributed by atoms with Gasteiger partial charge in [0.05, 0.1) is 23.5 Å². The molecule has 0 fully saturated rings. The number of halogens is 3. The second-order valence-corrected chi connectivity index (χ2v) is 5.89. The maximum atomic E-state index is 12.4. The number of nitrogens with zero attached hydrogens (tertiary/aromatic N) is 5. The molecule has 0 aliphatic carbocycles. The zero-order valence-corrected chi connectivity index (χ0v) is 15.1. The summed E-state index contributed by atoms with van der Waals surface area (Å²) in [6.45, 7) is -0.0902. The van der Waals surface area contributed by atoms with Crippen LogP contribution < -0.4 is 16.0 Å². The fourth-order valence-electron chi connectivity index (χ4n) is 2.20. The standard InChI is InChI=1S/C16H17ClF2N8/c1-20-14-24-15(26-16(25-14)22-8-13(18)19)21-6-10-2-4-12(5-3-10)27-9-11(17)7-23-27/h2-5,7,9,13H,6,8H2,1H3,(H3,20,21,22,24,25,26). The fourth-order valence-corrected chi connectivity index (χ4v) is 2.34. The fraction of sp³-hybridized carbons (Fsp3) is 0.250. The Kier molecular flexibility index (Phi) is 5.97. The summed E-state index contributed by atoms with van der Waals surface area (Å²) in [6.07, 6.45) is 0.781. The Labute approximate surface area is 159 Å². The summed E-state index contributed by atoms with van der Waals surface area (Å²) in [7, 11) is 1.64. The Bertz CT molecular complexity index is 884. The lowest BCUT2D eigenvalue weighted by Gasteiger charge is -2.10. The van der Waals surface area contributed by atoms with Crippen molar-refractivity contribution in [2.75, 3.05) is 29.5 Å². The van der Waals surface area contributed by atoms with Gasteiger partial charge in [-0.3, -0.25) is 0 Å². The molecule has 3 N–H and O–H groups in total. The van der Waals surface area contributed by atoms with Crippen LogP contribution in [-0.4, -0.2) is 44.8 Å². The maximum Gasteiger partial charge on any atom is 0.255 e. The molecule has 0 aliphatic rings. The average molecular weight is 395 g/mol. The van der Waals surface area contributed by atoms with Crippen LogP contribution in [0.2, 0.25) is 5.02 Å². The van der Waals surface area contributed by atoms with E-state index < -0.39 is 13.0 Å². The summed E-state index contributed by atoms with van der Waals surface area (Å²) < 4.78 is 26.4.